The minimum Gasteiger partial charge on any atom is -0.495 e. The lowest BCUT2D eigenvalue weighted by atomic mass is 9.99. The molecule has 1 aliphatic carbocycles. The number of benzene rings is 2. The number of halogens is 1. The lowest BCUT2D eigenvalue weighted by Crippen LogP contribution is -2.49. The topological polar surface area (TPSA) is 120 Å². The summed E-state index contributed by atoms with van der Waals surface area (Å²) in [5, 5.41) is 6.00. The number of hydrogen-bond donors (Lipinski definition) is 2. The van der Waals surface area contributed by atoms with Crippen molar-refractivity contribution < 1.29 is 33.4 Å². The predicted molar refractivity (Wildman–Crippen MR) is 176 cm³/mol. The molecule has 246 valence electrons. The maximum absolute atomic E-state index is 13.5. The maximum atomic E-state index is 13.5. The van der Waals surface area contributed by atoms with Crippen LogP contribution in [0, 0.1) is 17.3 Å². The summed E-state index contributed by atoms with van der Waals surface area (Å²) in [4.78, 5) is 53.4. The van der Waals surface area contributed by atoms with E-state index in [9.17, 15) is 19.2 Å². The van der Waals surface area contributed by atoms with Gasteiger partial charge in [-0.3, -0.25) is 14.4 Å². The molecule has 10 heteroatoms. The summed E-state index contributed by atoms with van der Waals surface area (Å²) in [6, 6.07) is 14.0. The fraction of sp³-hybridized carbons (Fsp3) is 0.444. The molecule has 46 heavy (non-hydrogen) atoms. The third kappa shape index (κ3) is 9.69. The second-order valence-corrected chi connectivity index (χ2v) is 12.9. The quantitative estimate of drug-likeness (QED) is 0.365. The van der Waals surface area contributed by atoms with Gasteiger partial charge in [0.15, 0.2) is 6.10 Å². The lowest BCUT2D eigenvalue weighted by Gasteiger charge is -2.27. The molecule has 2 aromatic carbocycles. The average molecular weight is 651 g/mol. The van der Waals surface area contributed by atoms with Gasteiger partial charge in [0.1, 0.15) is 17.9 Å². The van der Waals surface area contributed by atoms with Crippen molar-refractivity contribution in [3.8, 4) is 5.75 Å². The summed E-state index contributed by atoms with van der Waals surface area (Å²) >= 11 is 6.32. The molecule has 1 aliphatic heterocycles. The first kappa shape index (κ1) is 34.8. The van der Waals surface area contributed by atoms with Gasteiger partial charge in [-0.25, -0.2) is 4.79 Å². The molecule has 1 spiro atoms. The maximum Gasteiger partial charge on any atom is 0.347 e. The minimum absolute atomic E-state index is 0.0175. The predicted octanol–water partition coefficient (Wildman–Crippen LogP) is 5.45. The third-order valence-corrected chi connectivity index (χ3v) is 8.55. The lowest BCUT2D eigenvalue weighted by molar-refractivity contribution is -0.176. The van der Waals surface area contributed by atoms with Crippen LogP contribution in [0.1, 0.15) is 57.6 Å². The van der Waals surface area contributed by atoms with Crippen LogP contribution >= 0.6 is 11.6 Å². The minimum atomic E-state index is -1.10. The number of nitrogens with one attached hydrogen (secondary N) is 2. The van der Waals surface area contributed by atoms with Crippen LogP contribution in [0.3, 0.4) is 0 Å². The molecule has 2 N–H and O–H groups in total. The highest BCUT2D eigenvalue weighted by atomic mass is 35.5. The molecule has 9 nitrogen and oxygen atoms in total. The Morgan fingerprint density at radius 2 is 1.78 bits per heavy atom. The Morgan fingerprint density at radius 1 is 1.04 bits per heavy atom. The smallest absolute Gasteiger partial charge is 0.347 e. The normalized spacial score (nSPS) is 23.7. The van der Waals surface area contributed by atoms with E-state index in [1.807, 2.05) is 63.3 Å². The van der Waals surface area contributed by atoms with Gasteiger partial charge in [0, 0.05) is 25.3 Å². The Balaban J connectivity index is 1.61. The van der Waals surface area contributed by atoms with Crippen molar-refractivity contribution in [2.45, 2.75) is 71.1 Å². The van der Waals surface area contributed by atoms with Gasteiger partial charge in [-0.15, -0.1) is 0 Å². The molecule has 1 heterocycles. The molecule has 2 aliphatic rings. The second kappa shape index (κ2) is 15.9. The molecule has 1 saturated carbocycles. The zero-order valence-electron chi connectivity index (χ0n) is 26.8. The van der Waals surface area contributed by atoms with E-state index in [4.69, 9.17) is 25.8 Å². The fourth-order valence-corrected chi connectivity index (χ4v) is 5.50. The molecule has 4 atom stereocenters. The molecule has 2 aromatic rings. The van der Waals surface area contributed by atoms with Crippen LogP contribution in [0.2, 0.25) is 5.02 Å². The fourth-order valence-electron chi connectivity index (χ4n) is 5.22. The van der Waals surface area contributed by atoms with Gasteiger partial charge in [0.25, 0.3) is 0 Å². The Labute approximate surface area is 275 Å². The van der Waals surface area contributed by atoms with Gasteiger partial charge in [-0.1, -0.05) is 87.0 Å². The number of ether oxygens (including phenoxy) is 3. The highest BCUT2D eigenvalue weighted by molar-refractivity contribution is 6.32. The van der Waals surface area contributed by atoms with Crippen molar-refractivity contribution in [2.75, 3.05) is 13.7 Å². The van der Waals surface area contributed by atoms with E-state index in [1.54, 1.807) is 24.3 Å². The molecule has 0 bridgehead atoms. The van der Waals surface area contributed by atoms with Gasteiger partial charge >= 0.3 is 11.9 Å². The Hall–Kier alpha value is -4.11. The van der Waals surface area contributed by atoms with Crippen molar-refractivity contribution in [1.82, 2.24) is 10.6 Å². The number of hydrogen-bond acceptors (Lipinski definition) is 7. The van der Waals surface area contributed by atoms with Crippen LogP contribution in [-0.2, 0) is 35.1 Å². The zero-order valence-corrected chi connectivity index (χ0v) is 27.5. The van der Waals surface area contributed by atoms with E-state index in [0.717, 1.165) is 5.56 Å². The van der Waals surface area contributed by atoms with Gasteiger partial charge in [0.2, 0.25) is 11.8 Å². The van der Waals surface area contributed by atoms with E-state index in [1.165, 1.54) is 13.2 Å². The summed E-state index contributed by atoms with van der Waals surface area (Å²) < 4.78 is 17.0. The highest BCUT2D eigenvalue weighted by Crippen LogP contribution is 2.46. The molecule has 1 fully saturated rings. The third-order valence-electron chi connectivity index (χ3n) is 8.26. The Morgan fingerprint density at radius 3 is 2.43 bits per heavy atom. The van der Waals surface area contributed by atoms with E-state index in [-0.39, 0.29) is 31.2 Å². The summed E-state index contributed by atoms with van der Waals surface area (Å²) in [6.07, 6.45) is 6.80. The van der Waals surface area contributed by atoms with Crippen LogP contribution in [0.5, 0.6) is 5.75 Å². The second-order valence-electron chi connectivity index (χ2n) is 12.5. The van der Waals surface area contributed by atoms with Crippen molar-refractivity contribution in [3.63, 3.8) is 0 Å². The molecule has 0 aromatic heterocycles. The van der Waals surface area contributed by atoms with Crippen LogP contribution in [-0.4, -0.2) is 55.7 Å². The largest absolute Gasteiger partial charge is 0.495 e. The number of rotatable bonds is 8. The van der Waals surface area contributed by atoms with Crippen molar-refractivity contribution in [2.24, 2.45) is 17.3 Å². The van der Waals surface area contributed by atoms with Crippen LogP contribution < -0.4 is 15.4 Å². The number of cyclic esters (lactones) is 2. The van der Waals surface area contributed by atoms with Gasteiger partial charge in [0.05, 0.1) is 17.5 Å². The van der Waals surface area contributed by atoms with Crippen molar-refractivity contribution >= 4 is 41.4 Å². The summed E-state index contributed by atoms with van der Waals surface area (Å²) in [5.74, 6) is -1.80. The van der Waals surface area contributed by atoms with E-state index in [0.29, 0.717) is 35.6 Å². The monoisotopic (exact) mass is 650 g/mol. The van der Waals surface area contributed by atoms with Crippen LogP contribution in [0.4, 0.5) is 0 Å². The Bertz CT molecular complexity index is 1450. The van der Waals surface area contributed by atoms with Crippen molar-refractivity contribution in [1.29, 1.82) is 0 Å². The molecular weight excluding hydrogens is 608 g/mol. The molecule has 2 amide bonds. The van der Waals surface area contributed by atoms with E-state index in [2.05, 4.69) is 10.6 Å². The molecular formula is C36H43ClN2O7. The van der Waals surface area contributed by atoms with E-state index < -0.39 is 47.4 Å². The molecule has 4 rings (SSSR count). The number of amides is 2. The standard InChI is InChI=1S/C36H43ClN2O7/c1-23(2)19-31-34(42)45-29(24(3)13-14-25-9-6-5-7-10-25)11-8-12-32(40)39-28(21-26-15-16-30(44-4)27(37)20-26)33(41)38-22-36(17-18-36)35(43)46-31/h5-10,12-16,20,23-24,28-29,31H,11,17-19,21-22H2,1-4H3,(H,38,41)(H,39,40)/b12-8+,14-13+/t24-,28-,29+,31+/m1/s1. The van der Waals surface area contributed by atoms with Crippen molar-refractivity contribution in [3.05, 3.63) is 82.9 Å². The first-order valence-corrected chi connectivity index (χ1v) is 16.1. The summed E-state index contributed by atoms with van der Waals surface area (Å²) in [6.45, 7) is 5.82. The first-order chi connectivity index (χ1) is 22.0. The summed E-state index contributed by atoms with van der Waals surface area (Å²) in [5.41, 5.74) is 0.769. The number of carbonyl (C=O) groups is 4. The first-order valence-electron chi connectivity index (χ1n) is 15.7. The van der Waals surface area contributed by atoms with Gasteiger partial charge in [-0.05, 0) is 54.5 Å². The van der Waals surface area contributed by atoms with E-state index >= 15 is 0 Å². The summed E-state index contributed by atoms with van der Waals surface area (Å²) in [7, 11) is 1.51. The molecule has 0 unspecified atom stereocenters. The average Bonchev–Trinajstić information content (AvgIpc) is 3.82. The highest BCUT2D eigenvalue weighted by Gasteiger charge is 2.53. The van der Waals surface area contributed by atoms with Gasteiger partial charge < -0.3 is 24.8 Å². The number of esters is 2. The molecule has 0 radical (unpaired) electrons. The Kier molecular flexibility index (Phi) is 12.0. The zero-order chi connectivity index (χ0) is 33.3. The van der Waals surface area contributed by atoms with Crippen LogP contribution in [0.25, 0.3) is 6.08 Å². The SMILES string of the molecule is COc1ccc(C[C@H]2NC(=O)/C=C/C[C@@H]([C@H](C)/C=C/c3ccccc3)OC(=O)[C@H](CC(C)C)OC(=O)C3(CC3)CNC2=O)cc1Cl. The van der Waals surface area contributed by atoms with Crippen LogP contribution in [0.15, 0.2) is 66.8 Å². The number of methoxy groups -OCH3 is 1. The number of carbonyl (C=O) groups excluding carboxylic acids is 4. The molecule has 0 saturated heterocycles. The van der Waals surface area contributed by atoms with Gasteiger partial charge in [-0.2, -0.15) is 0 Å².